The number of aromatic hydroxyl groups is 1. The summed E-state index contributed by atoms with van der Waals surface area (Å²) in [7, 11) is 0. The van der Waals surface area contributed by atoms with Gasteiger partial charge >= 0.3 is 0 Å². The van der Waals surface area contributed by atoms with Crippen molar-refractivity contribution in [3.8, 4) is 5.75 Å². The lowest BCUT2D eigenvalue weighted by molar-refractivity contribution is 0.00734. The normalized spacial score (nSPS) is 26.3. The molecule has 1 fully saturated rings. The molecule has 1 N–H and O–H groups in total. The largest absolute Gasteiger partial charge is 0.508 e. The number of phenolic OH excluding ortho intramolecular Hbond substituents is 1. The van der Waals surface area contributed by atoms with E-state index in [1.807, 2.05) is 18.2 Å². The van der Waals surface area contributed by atoms with E-state index in [9.17, 15) is 5.11 Å². The summed E-state index contributed by atoms with van der Waals surface area (Å²) < 4.78 is 6.16. The Morgan fingerprint density at radius 3 is 2.55 bits per heavy atom. The first kappa shape index (κ1) is 22.1. The van der Waals surface area contributed by atoms with Gasteiger partial charge in [-0.2, -0.15) is 0 Å². The highest BCUT2D eigenvalue weighted by Crippen LogP contribution is 2.57. The van der Waals surface area contributed by atoms with Crippen LogP contribution < -0.4 is 0 Å². The first-order valence-electron chi connectivity index (χ1n) is 10.5. The first-order chi connectivity index (χ1) is 13.3. The number of benzene rings is 2. The van der Waals surface area contributed by atoms with Crippen LogP contribution >= 0.6 is 12.4 Å². The third kappa shape index (κ3) is 3.81. The molecule has 0 amide bonds. The van der Waals surface area contributed by atoms with Crippen LogP contribution in [0.15, 0.2) is 48.5 Å². The summed E-state index contributed by atoms with van der Waals surface area (Å²) >= 11 is 0. The predicted octanol–water partition coefficient (Wildman–Crippen LogP) is 5.33. The van der Waals surface area contributed by atoms with Gasteiger partial charge < -0.3 is 9.84 Å². The lowest BCUT2D eigenvalue weighted by atomic mass is 9.54. The van der Waals surface area contributed by atoms with Gasteiger partial charge in [-0.1, -0.05) is 63.2 Å². The Morgan fingerprint density at radius 2 is 1.83 bits per heavy atom. The zero-order valence-electron chi connectivity index (χ0n) is 18.0. The minimum absolute atomic E-state index is 0. The fourth-order valence-electron chi connectivity index (χ4n) is 5.47. The second kappa shape index (κ2) is 8.29. The molecule has 1 aliphatic carbocycles. The van der Waals surface area contributed by atoms with Gasteiger partial charge in [-0.15, -0.1) is 12.4 Å². The van der Waals surface area contributed by atoms with Gasteiger partial charge in [0.2, 0.25) is 0 Å². The molecule has 0 saturated carbocycles. The summed E-state index contributed by atoms with van der Waals surface area (Å²) in [6.45, 7) is 12.0. The van der Waals surface area contributed by atoms with Crippen molar-refractivity contribution in [2.24, 2.45) is 5.41 Å². The Kier molecular flexibility index (Phi) is 6.33. The van der Waals surface area contributed by atoms with Gasteiger partial charge in [0.1, 0.15) is 5.75 Å². The maximum Gasteiger partial charge on any atom is 0.119 e. The van der Waals surface area contributed by atoms with Crippen molar-refractivity contribution in [1.29, 1.82) is 0 Å². The van der Waals surface area contributed by atoms with E-state index in [4.69, 9.17) is 4.74 Å². The lowest BCUT2D eigenvalue weighted by Gasteiger charge is -2.52. The molecule has 0 radical (unpaired) electrons. The van der Waals surface area contributed by atoms with Crippen LogP contribution in [0, 0.1) is 5.41 Å². The molecule has 0 unspecified atom stereocenters. The monoisotopic (exact) mass is 415 g/mol. The zero-order valence-corrected chi connectivity index (χ0v) is 18.8. The number of rotatable bonds is 5. The minimum Gasteiger partial charge on any atom is -0.508 e. The number of halogens is 1. The number of hydrogen-bond acceptors (Lipinski definition) is 3. The van der Waals surface area contributed by atoms with E-state index in [2.05, 4.69) is 62.9 Å². The number of likely N-dealkylation sites (tertiary alicyclic amines) is 1. The van der Waals surface area contributed by atoms with Crippen molar-refractivity contribution in [1.82, 2.24) is 4.90 Å². The molecule has 158 valence electrons. The number of phenols is 1. The molecule has 1 saturated heterocycles. The third-order valence-corrected chi connectivity index (χ3v) is 7.61. The SMILES string of the molecule is C[C@H](CN1CC[C@]2(C)[C@@H]1Cc1c(O)cccc1C2(C)C)OCc1ccccc1.Cl. The van der Waals surface area contributed by atoms with Crippen molar-refractivity contribution in [3.63, 3.8) is 0 Å². The summed E-state index contributed by atoms with van der Waals surface area (Å²) in [5, 5.41) is 10.5. The molecule has 1 heterocycles. The van der Waals surface area contributed by atoms with E-state index >= 15 is 0 Å². The summed E-state index contributed by atoms with van der Waals surface area (Å²) in [4.78, 5) is 2.60. The van der Waals surface area contributed by atoms with Gasteiger partial charge in [0.05, 0.1) is 12.7 Å². The highest BCUT2D eigenvalue weighted by molar-refractivity contribution is 5.85. The molecular weight excluding hydrogens is 382 g/mol. The van der Waals surface area contributed by atoms with Gasteiger partial charge in [-0.05, 0) is 59.9 Å². The molecule has 4 rings (SSSR count). The Hall–Kier alpha value is -1.55. The molecule has 4 heteroatoms. The quantitative estimate of drug-likeness (QED) is 0.715. The summed E-state index contributed by atoms with van der Waals surface area (Å²) in [6, 6.07) is 16.9. The zero-order chi connectivity index (χ0) is 19.9. The lowest BCUT2D eigenvalue weighted by Crippen LogP contribution is -2.54. The number of ether oxygens (including phenoxy) is 1. The molecular formula is C25H34ClNO2. The predicted molar refractivity (Wildman–Crippen MR) is 121 cm³/mol. The fraction of sp³-hybridized carbons (Fsp3) is 0.520. The van der Waals surface area contributed by atoms with Crippen LogP contribution in [0.25, 0.3) is 0 Å². The Bertz CT molecular complexity index is 838. The summed E-state index contributed by atoms with van der Waals surface area (Å²) in [6.07, 6.45) is 2.29. The summed E-state index contributed by atoms with van der Waals surface area (Å²) in [5.74, 6) is 0.452. The second-order valence-electron chi connectivity index (χ2n) is 9.42. The van der Waals surface area contributed by atoms with E-state index < -0.39 is 0 Å². The first-order valence-corrected chi connectivity index (χ1v) is 10.5. The van der Waals surface area contributed by atoms with Crippen molar-refractivity contribution in [2.45, 2.75) is 64.7 Å². The maximum atomic E-state index is 10.5. The maximum absolute atomic E-state index is 10.5. The number of fused-ring (bicyclic) bond motifs is 2. The average Bonchev–Trinajstić information content (AvgIpc) is 3.00. The number of nitrogens with zero attached hydrogens (tertiary/aromatic N) is 1. The van der Waals surface area contributed by atoms with Crippen molar-refractivity contribution >= 4 is 12.4 Å². The average molecular weight is 416 g/mol. The van der Waals surface area contributed by atoms with Crippen LogP contribution in [-0.2, 0) is 23.2 Å². The standard InChI is InChI=1S/C25H33NO2.ClH/c1-18(28-17-19-9-6-5-7-10-19)16-26-14-13-25(4)23(26)15-20-21(24(25,2)3)11-8-12-22(20)27;/h5-12,18,23,27H,13-17H2,1-4H3;1H/t18-,23+,25-;/m1./s1. The van der Waals surface area contributed by atoms with E-state index in [0.29, 0.717) is 18.4 Å². The van der Waals surface area contributed by atoms with Gasteiger partial charge in [0, 0.05) is 12.6 Å². The van der Waals surface area contributed by atoms with E-state index in [1.165, 1.54) is 17.5 Å². The Labute approximate surface area is 181 Å². The van der Waals surface area contributed by atoms with E-state index in [-0.39, 0.29) is 29.3 Å². The van der Waals surface area contributed by atoms with Crippen molar-refractivity contribution in [2.75, 3.05) is 13.1 Å². The molecule has 0 bridgehead atoms. The molecule has 29 heavy (non-hydrogen) atoms. The van der Waals surface area contributed by atoms with Crippen molar-refractivity contribution in [3.05, 3.63) is 65.2 Å². The second-order valence-corrected chi connectivity index (χ2v) is 9.42. The molecule has 3 nitrogen and oxygen atoms in total. The van der Waals surface area contributed by atoms with Crippen molar-refractivity contribution < 1.29 is 9.84 Å². The molecule has 2 aliphatic rings. The number of hydrogen-bond donors (Lipinski definition) is 1. The Balaban J connectivity index is 0.00000240. The van der Waals surface area contributed by atoms with Gasteiger partial charge in [-0.25, -0.2) is 0 Å². The van der Waals surface area contributed by atoms with Crippen LogP contribution in [0.2, 0.25) is 0 Å². The van der Waals surface area contributed by atoms with Crippen LogP contribution in [0.5, 0.6) is 5.75 Å². The van der Waals surface area contributed by atoms with Gasteiger partial charge in [-0.3, -0.25) is 4.90 Å². The third-order valence-electron chi connectivity index (χ3n) is 7.61. The highest BCUT2D eigenvalue weighted by atomic mass is 35.5. The topological polar surface area (TPSA) is 32.7 Å². The molecule has 0 spiro atoms. The molecule has 1 aliphatic heterocycles. The molecule has 2 aromatic rings. The van der Waals surface area contributed by atoms with E-state index in [0.717, 1.165) is 25.1 Å². The van der Waals surface area contributed by atoms with Gasteiger partial charge in [0.15, 0.2) is 0 Å². The van der Waals surface area contributed by atoms with E-state index in [1.54, 1.807) is 0 Å². The molecule has 3 atom stereocenters. The van der Waals surface area contributed by atoms with Crippen LogP contribution in [0.3, 0.4) is 0 Å². The molecule has 2 aromatic carbocycles. The summed E-state index contributed by atoms with van der Waals surface area (Å²) in [5.41, 5.74) is 3.92. The van der Waals surface area contributed by atoms with Gasteiger partial charge in [0.25, 0.3) is 0 Å². The minimum atomic E-state index is 0. The Morgan fingerprint density at radius 1 is 1.10 bits per heavy atom. The van der Waals surface area contributed by atoms with Crippen LogP contribution in [0.1, 0.15) is 50.8 Å². The van der Waals surface area contributed by atoms with Crippen LogP contribution in [0.4, 0.5) is 0 Å². The van der Waals surface area contributed by atoms with Crippen LogP contribution in [-0.4, -0.2) is 35.2 Å². The highest BCUT2D eigenvalue weighted by Gasteiger charge is 2.56. The fourth-order valence-corrected chi connectivity index (χ4v) is 5.47. The smallest absolute Gasteiger partial charge is 0.119 e. The molecule has 0 aromatic heterocycles.